The van der Waals surface area contributed by atoms with Crippen molar-refractivity contribution in [3.63, 3.8) is 0 Å². The molecule has 0 atom stereocenters. The average Bonchev–Trinajstić information content (AvgIpc) is 2.27. The van der Waals surface area contributed by atoms with E-state index in [0.717, 1.165) is 25.9 Å². The van der Waals surface area contributed by atoms with E-state index in [2.05, 4.69) is 17.3 Å². The number of carbonyl (C=O) groups is 2. The van der Waals surface area contributed by atoms with Crippen LogP contribution in [-0.2, 0) is 4.79 Å². The van der Waals surface area contributed by atoms with E-state index in [4.69, 9.17) is 5.11 Å². The highest BCUT2D eigenvalue weighted by Gasteiger charge is 2.30. The van der Waals surface area contributed by atoms with Gasteiger partial charge in [-0.15, -0.1) is 0 Å². The molecule has 0 radical (unpaired) electrons. The lowest BCUT2D eigenvalue weighted by Gasteiger charge is -2.37. The molecule has 110 valence electrons. The van der Waals surface area contributed by atoms with Crippen molar-refractivity contribution in [2.75, 3.05) is 26.7 Å². The van der Waals surface area contributed by atoms with Crippen LogP contribution in [0.1, 0.15) is 33.6 Å². The number of carbonyl (C=O) groups excluding carboxylic acids is 1. The fraction of sp³-hybridized carbons (Fsp3) is 0.846. The summed E-state index contributed by atoms with van der Waals surface area (Å²) in [5.74, 6) is -0.992. The van der Waals surface area contributed by atoms with Gasteiger partial charge < -0.3 is 20.2 Å². The zero-order chi connectivity index (χ0) is 14.6. The minimum absolute atomic E-state index is 0.141. The highest BCUT2D eigenvalue weighted by Crippen LogP contribution is 2.15. The van der Waals surface area contributed by atoms with E-state index in [1.165, 1.54) is 4.90 Å². The fourth-order valence-electron chi connectivity index (χ4n) is 2.15. The van der Waals surface area contributed by atoms with Gasteiger partial charge in [-0.2, -0.15) is 0 Å². The first-order valence-corrected chi connectivity index (χ1v) is 6.68. The zero-order valence-electron chi connectivity index (χ0n) is 12.3. The number of amides is 2. The monoisotopic (exact) mass is 271 g/mol. The number of piperidine rings is 1. The lowest BCUT2D eigenvalue weighted by molar-refractivity contribution is -0.138. The predicted molar refractivity (Wildman–Crippen MR) is 73.1 cm³/mol. The fourth-order valence-corrected chi connectivity index (χ4v) is 2.15. The van der Waals surface area contributed by atoms with E-state index in [0.29, 0.717) is 0 Å². The number of nitrogens with zero attached hydrogens (tertiary/aromatic N) is 2. The summed E-state index contributed by atoms with van der Waals surface area (Å²) < 4.78 is 0. The van der Waals surface area contributed by atoms with E-state index >= 15 is 0 Å². The molecule has 0 aromatic carbocycles. The average molecular weight is 271 g/mol. The summed E-state index contributed by atoms with van der Waals surface area (Å²) in [6.07, 6.45) is 1.82. The van der Waals surface area contributed by atoms with Crippen molar-refractivity contribution in [3.8, 4) is 0 Å². The Morgan fingerprint density at radius 3 is 2.26 bits per heavy atom. The number of hydrogen-bond donors (Lipinski definition) is 2. The van der Waals surface area contributed by atoms with Gasteiger partial charge in [-0.05, 0) is 53.8 Å². The van der Waals surface area contributed by atoms with Crippen LogP contribution >= 0.6 is 0 Å². The van der Waals surface area contributed by atoms with E-state index < -0.39 is 11.5 Å². The highest BCUT2D eigenvalue weighted by atomic mass is 16.4. The second-order valence-electron chi connectivity index (χ2n) is 6.18. The molecule has 0 unspecified atom stereocenters. The first-order chi connectivity index (χ1) is 8.70. The third-order valence-electron chi connectivity index (χ3n) is 3.39. The normalized spacial score (nSPS) is 18.1. The van der Waals surface area contributed by atoms with Crippen molar-refractivity contribution < 1.29 is 14.7 Å². The molecular weight excluding hydrogens is 246 g/mol. The molecule has 1 aliphatic rings. The Kier molecular flexibility index (Phi) is 5.17. The van der Waals surface area contributed by atoms with Crippen molar-refractivity contribution in [1.82, 2.24) is 15.1 Å². The molecule has 1 saturated heterocycles. The lowest BCUT2D eigenvalue weighted by atomic mass is 10.0. The molecule has 0 saturated carbocycles. The number of urea groups is 1. The number of aliphatic carboxylic acids is 1. The van der Waals surface area contributed by atoms with Crippen LogP contribution in [-0.4, -0.2) is 65.2 Å². The van der Waals surface area contributed by atoms with Crippen molar-refractivity contribution in [2.24, 2.45) is 0 Å². The molecule has 1 fully saturated rings. The number of hydrogen-bond acceptors (Lipinski definition) is 3. The third kappa shape index (κ3) is 5.06. The van der Waals surface area contributed by atoms with Crippen LogP contribution in [0.4, 0.5) is 4.79 Å². The lowest BCUT2D eigenvalue weighted by Crippen LogP contribution is -2.55. The summed E-state index contributed by atoms with van der Waals surface area (Å²) >= 11 is 0. The summed E-state index contributed by atoms with van der Waals surface area (Å²) in [6, 6.07) is -0.146. The van der Waals surface area contributed by atoms with Gasteiger partial charge in [-0.3, -0.25) is 4.79 Å². The summed E-state index contributed by atoms with van der Waals surface area (Å²) in [4.78, 5) is 26.7. The Morgan fingerprint density at radius 1 is 1.32 bits per heavy atom. The number of rotatable bonds is 3. The Balaban J connectivity index is 2.59. The van der Waals surface area contributed by atoms with Gasteiger partial charge in [-0.25, -0.2) is 4.79 Å². The predicted octanol–water partition coefficient (Wildman–Crippen LogP) is 0.975. The highest BCUT2D eigenvalue weighted by molar-refractivity contribution is 5.81. The minimum Gasteiger partial charge on any atom is -0.480 e. The van der Waals surface area contributed by atoms with Gasteiger partial charge in [0.05, 0.1) is 0 Å². The van der Waals surface area contributed by atoms with E-state index in [9.17, 15) is 9.59 Å². The maximum absolute atomic E-state index is 12.2. The molecule has 6 heteroatoms. The molecule has 19 heavy (non-hydrogen) atoms. The molecular formula is C13H25N3O3. The quantitative estimate of drug-likeness (QED) is 0.802. The maximum Gasteiger partial charge on any atom is 0.323 e. The number of carboxylic acid groups (broad SMARTS) is 1. The van der Waals surface area contributed by atoms with E-state index in [-0.39, 0.29) is 18.6 Å². The number of nitrogens with one attached hydrogen (secondary N) is 1. The van der Waals surface area contributed by atoms with E-state index in [1.807, 2.05) is 20.8 Å². The molecule has 2 amide bonds. The summed E-state index contributed by atoms with van der Waals surface area (Å²) in [5.41, 5.74) is -0.506. The molecule has 0 spiro atoms. The maximum atomic E-state index is 12.2. The molecule has 2 N–H and O–H groups in total. The first-order valence-electron chi connectivity index (χ1n) is 6.68. The molecule has 0 aromatic heterocycles. The molecule has 1 heterocycles. The molecule has 0 aliphatic carbocycles. The van der Waals surface area contributed by atoms with Crippen molar-refractivity contribution in [3.05, 3.63) is 0 Å². The van der Waals surface area contributed by atoms with E-state index in [1.54, 1.807) is 0 Å². The van der Waals surface area contributed by atoms with Crippen LogP contribution in [0.15, 0.2) is 0 Å². The molecule has 6 nitrogen and oxygen atoms in total. The van der Waals surface area contributed by atoms with Gasteiger partial charge in [0, 0.05) is 11.6 Å². The second-order valence-corrected chi connectivity index (χ2v) is 6.18. The Bertz CT molecular complexity index is 331. The first kappa shape index (κ1) is 15.8. The van der Waals surface area contributed by atoms with Crippen LogP contribution in [0.3, 0.4) is 0 Å². The Morgan fingerprint density at radius 2 is 1.84 bits per heavy atom. The van der Waals surface area contributed by atoms with Crippen LogP contribution in [0.25, 0.3) is 0 Å². The van der Waals surface area contributed by atoms with Crippen LogP contribution < -0.4 is 5.32 Å². The molecule has 1 aliphatic heterocycles. The van der Waals surface area contributed by atoms with Gasteiger partial charge in [0.15, 0.2) is 0 Å². The van der Waals surface area contributed by atoms with Gasteiger partial charge in [0.25, 0.3) is 0 Å². The minimum atomic E-state index is -0.992. The van der Waals surface area contributed by atoms with Gasteiger partial charge in [0.2, 0.25) is 0 Å². The standard InChI is InChI=1S/C13H25N3O3/c1-13(2,3)16(9-11(17)18)12(19)14-10-5-7-15(4)8-6-10/h10H,5-9H2,1-4H3,(H,14,19)(H,17,18). The zero-order valence-corrected chi connectivity index (χ0v) is 12.3. The smallest absolute Gasteiger partial charge is 0.323 e. The third-order valence-corrected chi connectivity index (χ3v) is 3.39. The van der Waals surface area contributed by atoms with Crippen LogP contribution in [0, 0.1) is 0 Å². The van der Waals surface area contributed by atoms with Gasteiger partial charge in [0.1, 0.15) is 6.54 Å². The van der Waals surface area contributed by atoms with Crippen molar-refractivity contribution in [2.45, 2.75) is 45.2 Å². The van der Waals surface area contributed by atoms with Gasteiger partial charge in [-0.1, -0.05) is 0 Å². The molecule has 0 aromatic rings. The SMILES string of the molecule is CN1CCC(NC(=O)N(CC(=O)O)C(C)(C)C)CC1. The van der Waals surface area contributed by atoms with Crippen LogP contribution in [0.2, 0.25) is 0 Å². The number of likely N-dealkylation sites (tertiary alicyclic amines) is 1. The second kappa shape index (κ2) is 6.23. The van der Waals surface area contributed by atoms with Crippen LogP contribution in [0.5, 0.6) is 0 Å². The Labute approximate surface area is 114 Å². The summed E-state index contributed by atoms with van der Waals surface area (Å²) in [7, 11) is 2.06. The Hall–Kier alpha value is -1.30. The summed E-state index contributed by atoms with van der Waals surface area (Å²) in [5, 5.41) is 11.9. The molecule has 0 bridgehead atoms. The topological polar surface area (TPSA) is 72.9 Å². The van der Waals surface area contributed by atoms with Crippen molar-refractivity contribution in [1.29, 1.82) is 0 Å². The summed E-state index contributed by atoms with van der Waals surface area (Å²) in [6.45, 7) is 7.15. The largest absolute Gasteiger partial charge is 0.480 e. The van der Waals surface area contributed by atoms with Crippen molar-refractivity contribution >= 4 is 12.0 Å². The number of carboxylic acids is 1. The van der Waals surface area contributed by atoms with Gasteiger partial charge >= 0.3 is 12.0 Å². The molecule has 1 rings (SSSR count).